The third-order valence-corrected chi connectivity index (χ3v) is 5.58. The molecular weight excluding hydrogens is 310 g/mol. The maximum absolute atomic E-state index is 2.38. The number of rotatable bonds is 4. The van der Waals surface area contributed by atoms with Crippen molar-refractivity contribution in [1.29, 1.82) is 0 Å². The minimum absolute atomic E-state index is 1.17. The fourth-order valence-corrected chi connectivity index (χ4v) is 4.23. The molecule has 0 bridgehead atoms. The molecule has 3 aromatic carbocycles. The Hall–Kier alpha value is -2.19. The number of hydrogen-bond donors (Lipinski definition) is 0. The van der Waals surface area contributed by atoms with Gasteiger partial charge < -0.3 is 4.90 Å². The SMILES string of the molecule is CCCCc1ccc(N2c3ccccc3Sc3ccccc32)cc1. The zero-order chi connectivity index (χ0) is 16.4. The maximum Gasteiger partial charge on any atom is 0.0601 e. The Morgan fingerprint density at radius 3 is 1.92 bits per heavy atom. The molecule has 0 N–H and O–H groups in total. The average Bonchev–Trinajstić information content (AvgIpc) is 2.65. The van der Waals surface area contributed by atoms with E-state index in [-0.39, 0.29) is 0 Å². The summed E-state index contributed by atoms with van der Waals surface area (Å²) in [6.45, 7) is 2.24. The molecule has 2 heteroatoms. The highest BCUT2D eigenvalue weighted by Gasteiger charge is 2.23. The summed E-state index contributed by atoms with van der Waals surface area (Å²) < 4.78 is 0. The second kappa shape index (κ2) is 6.74. The molecule has 0 unspecified atom stereocenters. The van der Waals surface area contributed by atoms with Gasteiger partial charge in [-0.05, 0) is 54.8 Å². The van der Waals surface area contributed by atoms with E-state index in [2.05, 4.69) is 84.6 Å². The van der Waals surface area contributed by atoms with Gasteiger partial charge in [-0.1, -0.05) is 61.5 Å². The molecule has 1 aliphatic heterocycles. The van der Waals surface area contributed by atoms with Gasteiger partial charge in [0.1, 0.15) is 0 Å². The summed E-state index contributed by atoms with van der Waals surface area (Å²) in [6, 6.07) is 26.4. The largest absolute Gasteiger partial charge is 0.308 e. The molecule has 0 aliphatic carbocycles. The molecule has 0 fully saturated rings. The Morgan fingerprint density at radius 1 is 0.750 bits per heavy atom. The van der Waals surface area contributed by atoms with E-state index < -0.39 is 0 Å². The van der Waals surface area contributed by atoms with E-state index in [0.29, 0.717) is 0 Å². The predicted octanol–water partition coefficient (Wildman–Crippen LogP) is 6.96. The predicted molar refractivity (Wildman–Crippen MR) is 104 cm³/mol. The second-order valence-electron chi connectivity index (χ2n) is 6.14. The number of para-hydroxylation sites is 2. The Balaban J connectivity index is 1.77. The molecule has 120 valence electrons. The van der Waals surface area contributed by atoms with Crippen LogP contribution < -0.4 is 4.90 Å². The maximum atomic E-state index is 2.38. The van der Waals surface area contributed by atoms with Crippen molar-refractivity contribution in [2.45, 2.75) is 36.0 Å². The van der Waals surface area contributed by atoms with Crippen LogP contribution in [0.25, 0.3) is 0 Å². The highest BCUT2D eigenvalue weighted by Crippen LogP contribution is 2.50. The zero-order valence-electron chi connectivity index (χ0n) is 13.9. The van der Waals surface area contributed by atoms with Crippen LogP contribution >= 0.6 is 11.8 Å². The van der Waals surface area contributed by atoms with Crippen molar-refractivity contribution in [3.05, 3.63) is 78.4 Å². The van der Waals surface area contributed by atoms with Gasteiger partial charge >= 0.3 is 0 Å². The number of unbranched alkanes of at least 4 members (excludes halogenated alkanes) is 1. The minimum atomic E-state index is 1.17. The van der Waals surface area contributed by atoms with Crippen molar-refractivity contribution in [2.24, 2.45) is 0 Å². The Morgan fingerprint density at radius 2 is 1.33 bits per heavy atom. The van der Waals surface area contributed by atoms with E-state index in [4.69, 9.17) is 0 Å². The fourth-order valence-electron chi connectivity index (χ4n) is 3.18. The Bertz CT molecular complexity index is 793. The highest BCUT2D eigenvalue weighted by atomic mass is 32.2. The van der Waals surface area contributed by atoms with Crippen LogP contribution in [0.3, 0.4) is 0 Å². The topological polar surface area (TPSA) is 3.24 Å². The van der Waals surface area contributed by atoms with Crippen LogP contribution in [0.1, 0.15) is 25.3 Å². The Labute approximate surface area is 148 Å². The van der Waals surface area contributed by atoms with Gasteiger partial charge in [0.05, 0.1) is 11.4 Å². The zero-order valence-corrected chi connectivity index (χ0v) is 14.7. The van der Waals surface area contributed by atoms with E-state index in [1.54, 1.807) is 0 Å². The lowest BCUT2D eigenvalue weighted by molar-refractivity contribution is 0.795. The molecule has 0 atom stereocenters. The van der Waals surface area contributed by atoms with Crippen molar-refractivity contribution in [3.63, 3.8) is 0 Å². The van der Waals surface area contributed by atoms with Gasteiger partial charge in [-0.2, -0.15) is 0 Å². The van der Waals surface area contributed by atoms with Gasteiger partial charge in [0.2, 0.25) is 0 Å². The van der Waals surface area contributed by atoms with Gasteiger partial charge in [0, 0.05) is 15.5 Å². The summed E-state index contributed by atoms with van der Waals surface area (Å²) in [5.74, 6) is 0. The van der Waals surface area contributed by atoms with Crippen LogP contribution in [0.5, 0.6) is 0 Å². The molecule has 0 aromatic heterocycles. The lowest BCUT2D eigenvalue weighted by atomic mass is 10.1. The normalized spacial score (nSPS) is 12.6. The first-order valence-corrected chi connectivity index (χ1v) is 9.43. The highest BCUT2D eigenvalue weighted by molar-refractivity contribution is 7.99. The number of nitrogens with zero attached hydrogens (tertiary/aromatic N) is 1. The van der Waals surface area contributed by atoms with Crippen molar-refractivity contribution < 1.29 is 0 Å². The summed E-state index contributed by atoms with van der Waals surface area (Å²) in [7, 11) is 0. The van der Waals surface area contributed by atoms with Crippen LogP contribution in [0.2, 0.25) is 0 Å². The smallest absolute Gasteiger partial charge is 0.0601 e. The van der Waals surface area contributed by atoms with E-state index in [1.165, 1.54) is 51.7 Å². The first kappa shape index (κ1) is 15.3. The number of benzene rings is 3. The molecule has 1 heterocycles. The second-order valence-corrected chi connectivity index (χ2v) is 7.23. The minimum Gasteiger partial charge on any atom is -0.308 e. The molecule has 0 radical (unpaired) electrons. The van der Waals surface area contributed by atoms with E-state index in [0.717, 1.165) is 0 Å². The van der Waals surface area contributed by atoms with Crippen LogP contribution in [0.15, 0.2) is 82.6 Å². The molecule has 1 aliphatic rings. The third kappa shape index (κ3) is 2.83. The molecule has 0 saturated carbocycles. The first-order chi connectivity index (χ1) is 11.9. The number of fused-ring (bicyclic) bond motifs is 2. The summed E-state index contributed by atoms with van der Waals surface area (Å²) in [6.07, 6.45) is 3.66. The molecule has 24 heavy (non-hydrogen) atoms. The summed E-state index contributed by atoms with van der Waals surface area (Å²) >= 11 is 1.85. The van der Waals surface area contributed by atoms with Gasteiger partial charge in [-0.3, -0.25) is 0 Å². The number of aryl methyl sites for hydroxylation is 1. The first-order valence-electron chi connectivity index (χ1n) is 8.62. The fraction of sp³-hybridized carbons (Fsp3) is 0.182. The Kier molecular flexibility index (Phi) is 4.31. The van der Waals surface area contributed by atoms with Crippen molar-refractivity contribution in [3.8, 4) is 0 Å². The van der Waals surface area contributed by atoms with Crippen molar-refractivity contribution >= 4 is 28.8 Å². The third-order valence-electron chi connectivity index (χ3n) is 4.45. The molecule has 0 amide bonds. The van der Waals surface area contributed by atoms with Crippen LogP contribution in [-0.2, 0) is 6.42 Å². The van der Waals surface area contributed by atoms with Crippen LogP contribution in [0, 0.1) is 0 Å². The van der Waals surface area contributed by atoms with Gasteiger partial charge in [0.25, 0.3) is 0 Å². The van der Waals surface area contributed by atoms with Crippen molar-refractivity contribution in [1.82, 2.24) is 0 Å². The number of hydrogen-bond acceptors (Lipinski definition) is 2. The van der Waals surface area contributed by atoms with E-state index in [1.807, 2.05) is 11.8 Å². The quantitative estimate of drug-likeness (QED) is 0.397. The van der Waals surface area contributed by atoms with Gasteiger partial charge in [-0.15, -0.1) is 0 Å². The van der Waals surface area contributed by atoms with E-state index >= 15 is 0 Å². The molecule has 1 nitrogen and oxygen atoms in total. The lowest BCUT2D eigenvalue weighted by Gasteiger charge is -2.32. The molecule has 4 rings (SSSR count). The molecular formula is C22H21NS. The summed E-state index contributed by atoms with van der Waals surface area (Å²) in [5, 5.41) is 0. The van der Waals surface area contributed by atoms with Gasteiger partial charge in [0.15, 0.2) is 0 Å². The van der Waals surface area contributed by atoms with Gasteiger partial charge in [-0.25, -0.2) is 0 Å². The van der Waals surface area contributed by atoms with Crippen molar-refractivity contribution in [2.75, 3.05) is 4.90 Å². The van der Waals surface area contributed by atoms with Crippen LogP contribution in [0.4, 0.5) is 17.1 Å². The number of anilines is 3. The average molecular weight is 331 g/mol. The lowest BCUT2D eigenvalue weighted by Crippen LogP contribution is -2.14. The van der Waals surface area contributed by atoms with E-state index in [9.17, 15) is 0 Å². The monoisotopic (exact) mass is 331 g/mol. The standard InChI is InChI=1S/C22H21NS/c1-2-3-8-17-13-15-18(16-14-17)23-19-9-4-6-11-21(19)24-22-12-7-5-10-20(22)23/h4-7,9-16H,2-3,8H2,1H3. The van der Waals surface area contributed by atoms with Crippen LogP contribution in [-0.4, -0.2) is 0 Å². The molecule has 0 saturated heterocycles. The summed E-state index contributed by atoms with van der Waals surface area (Å²) in [5.41, 5.74) is 5.19. The molecule has 3 aromatic rings. The summed E-state index contributed by atoms with van der Waals surface area (Å²) in [4.78, 5) is 5.00. The molecule has 0 spiro atoms.